The van der Waals surface area contributed by atoms with Crippen LogP contribution >= 0.6 is 0 Å². The van der Waals surface area contributed by atoms with Crippen molar-refractivity contribution in [3.05, 3.63) is 0 Å². The van der Waals surface area contributed by atoms with Crippen LogP contribution in [0.4, 0.5) is 4.79 Å². The van der Waals surface area contributed by atoms with Crippen LogP contribution in [0.5, 0.6) is 0 Å². The van der Waals surface area contributed by atoms with E-state index in [2.05, 4.69) is 9.46 Å². The fraction of sp³-hybridized carbons (Fsp3) is 0.714. The normalized spacial score (nSPS) is 10.8. The molecule has 0 atom stereocenters. The number of methoxy groups -OCH3 is 1. The van der Waals surface area contributed by atoms with Crippen molar-refractivity contribution in [2.24, 2.45) is 0 Å². The molecule has 3 N–H and O–H groups in total. The van der Waals surface area contributed by atoms with Crippen molar-refractivity contribution in [2.45, 2.75) is 19.3 Å². The molecule has 0 saturated heterocycles. The third kappa shape index (κ3) is 8.00. The topological polar surface area (TPSA) is 122 Å². The molecule has 9 heteroatoms. The fourth-order valence-electron chi connectivity index (χ4n) is 0.795. The van der Waals surface area contributed by atoms with Gasteiger partial charge in [0.25, 0.3) is 0 Å². The molecule has 0 radical (unpaired) electrons. The summed E-state index contributed by atoms with van der Waals surface area (Å²) in [7, 11) is -2.88. The summed E-state index contributed by atoms with van der Waals surface area (Å²) in [6.07, 6.45) is -0.380. The monoisotopic (exact) mass is 254 g/mol. The summed E-state index contributed by atoms with van der Waals surface area (Å²) in [4.78, 5) is 20.7. The molecule has 0 bridgehead atoms. The highest BCUT2D eigenvalue weighted by molar-refractivity contribution is 7.88. The molecule has 0 saturated carbocycles. The van der Waals surface area contributed by atoms with E-state index in [-0.39, 0.29) is 13.0 Å². The first-order chi connectivity index (χ1) is 7.37. The van der Waals surface area contributed by atoms with E-state index < -0.39 is 22.3 Å². The Morgan fingerprint density at radius 2 is 1.94 bits per heavy atom. The van der Waals surface area contributed by atoms with Gasteiger partial charge < -0.3 is 9.84 Å². The van der Waals surface area contributed by atoms with Gasteiger partial charge in [0.05, 0.1) is 7.11 Å². The van der Waals surface area contributed by atoms with Gasteiger partial charge in [-0.3, -0.25) is 4.79 Å². The van der Waals surface area contributed by atoms with E-state index in [0.29, 0.717) is 12.8 Å². The zero-order valence-corrected chi connectivity index (χ0v) is 9.54. The van der Waals surface area contributed by atoms with Gasteiger partial charge in [0.2, 0.25) is 0 Å². The lowest BCUT2D eigenvalue weighted by Crippen LogP contribution is -2.40. The number of aliphatic carboxylic acids is 1. The molecule has 0 fully saturated rings. The highest BCUT2D eigenvalue weighted by Gasteiger charge is 2.12. The van der Waals surface area contributed by atoms with Crippen LogP contribution in [0, 0.1) is 0 Å². The summed E-state index contributed by atoms with van der Waals surface area (Å²) in [6, 6.07) is 0. The number of carbonyl (C=O) groups is 2. The number of carboxylic acid groups (broad SMARTS) is 1. The molecule has 0 heterocycles. The van der Waals surface area contributed by atoms with Crippen LogP contribution in [0.25, 0.3) is 0 Å². The van der Waals surface area contributed by atoms with Gasteiger partial charge in [0.1, 0.15) is 0 Å². The Balaban J connectivity index is 3.75. The summed E-state index contributed by atoms with van der Waals surface area (Å²) in [5.41, 5.74) is 0. The van der Waals surface area contributed by atoms with Gasteiger partial charge in [-0.2, -0.15) is 13.1 Å². The average molecular weight is 254 g/mol. The van der Waals surface area contributed by atoms with Crippen molar-refractivity contribution in [3.8, 4) is 0 Å². The van der Waals surface area contributed by atoms with Crippen LogP contribution in [0.15, 0.2) is 0 Å². The Morgan fingerprint density at radius 1 is 1.31 bits per heavy atom. The molecule has 0 spiro atoms. The second-order valence-corrected chi connectivity index (χ2v) is 4.34. The lowest BCUT2D eigenvalue weighted by atomic mass is 10.2. The first-order valence-corrected chi connectivity index (χ1v) is 5.93. The highest BCUT2D eigenvalue weighted by atomic mass is 32.2. The first-order valence-electron chi connectivity index (χ1n) is 4.44. The Hall–Kier alpha value is -1.35. The lowest BCUT2D eigenvalue weighted by Gasteiger charge is -2.06. The van der Waals surface area contributed by atoms with Crippen molar-refractivity contribution in [1.29, 1.82) is 0 Å². The maximum absolute atomic E-state index is 11.1. The van der Waals surface area contributed by atoms with Crippen LogP contribution in [-0.2, 0) is 19.7 Å². The molecular formula is C7H14N2O6S. The van der Waals surface area contributed by atoms with Crippen LogP contribution < -0.4 is 9.44 Å². The van der Waals surface area contributed by atoms with Gasteiger partial charge >= 0.3 is 22.3 Å². The Labute approximate surface area is 93.2 Å². The molecule has 0 aromatic carbocycles. The van der Waals surface area contributed by atoms with Crippen LogP contribution in [-0.4, -0.2) is 39.2 Å². The molecular weight excluding hydrogens is 240 g/mol. The molecule has 0 aromatic rings. The smallest absolute Gasteiger partial charge is 0.421 e. The molecule has 0 aromatic heterocycles. The van der Waals surface area contributed by atoms with E-state index in [4.69, 9.17) is 5.11 Å². The number of carboxylic acids is 1. The Kier molecular flexibility index (Phi) is 6.42. The van der Waals surface area contributed by atoms with E-state index in [1.165, 1.54) is 0 Å². The average Bonchev–Trinajstić information content (AvgIpc) is 2.15. The molecule has 0 aliphatic carbocycles. The number of hydrogen-bond acceptors (Lipinski definition) is 5. The minimum absolute atomic E-state index is 0.0217. The summed E-state index contributed by atoms with van der Waals surface area (Å²) in [5, 5.41) is 8.31. The second kappa shape index (κ2) is 7.01. The van der Waals surface area contributed by atoms with Gasteiger partial charge in [0, 0.05) is 13.0 Å². The number of hydrogen-bond donors (Lipinski definition) is 3. The zero-order chi connectivity index (χ0) is 12.6. The van der Waals surface area contributed by atoms with Crippen molar-refractivity contribution in [2.75, 3.05) is 13.7 Å². The predicted octanol–water partition coefficient (Wildman–Crippen LogP) is -0.568. The third-order valence-electron chi connectivity index (χ3n) is 1.51. The van der Waals surface area contributed by atoms with E-state index in [1.54, 1.807) is 4.72 Å². The highest BCUT2D eigenvalue weighted by Crippen LogP contribution is 1.94. The largest absolute Gasteiger partial charge is 0.481 e. The van der Waals surface area contributed by atoms with Crippen molar-refractivity contribution in [3.63, 3.8) is 0 Å². The van der Waals surface area contributed by atoms with E-state index in [9.17, 15) is 18.0 Å². The molecule has 0 rings (SSSR count). The maximum Gasteiger partial charge on any atom is 0.421 e. The van der Waals surface area contributed by atoms with Crippen LogP contribution in [0.3, 0.4) is 0 Å². The van der Waals surface area contributed by atoms with Gasteiger partial charge in [-0.25, -0.2) is 9.52 Å². The molecule has 0 aliphatic rings. The summed E-state index contributed by atoms with van der Waals surface area (Å²) < 4.78 is 29.9. The summed E-state index contributed by atoms with van der Waals surface area (Å²) in [6.45, 7) is 0.0552. The molecule has 16 heavy (non-hydrogen) atoms. The molecule has 0 aliphatic heterocycles. The van der Waals surface area contributed by atoms with E-state index in [0.717, 1.165) is 7.11 Å². The van der Waals surface area contributed by atoms with Gasteiger partial charge in [-0.05, 0) is 12.8 Å². The van der Waals surface area contributed by atoms with Crippen molar-refractivity contribution >= 4 is 22.3 Å². The lowest BCUT2D eigenvalue weighted by molar-refractivity contribution is -0.137. The standard InChI is InChI=1S/C7H14N2O6S/c1-15-7(12)9-16(13,14)8-5-3-2-4-6(10)11/h8H,2-5H2,1H3,(H,9,12)(H,10,11). The zero-order valence-electron chi connectivity index (χ0n) is 8.73. The molecule has 1 amide bonds. The Morgan fingerprint density at radius 3 is 2.44 bits per heavy atom. The van der Waals surface area contributed by atoms with Crippen LogP contribution in [0.2, 0.25) is 0 Å². The molecule has 8 nitrogen and oxygen atoms in total. The quantitative estimate of drug-likeness (QED) is 0.523. The number of carbonyl (C=O) groups excluding carboxylic acids is 1. The summed E-state index contributed by atoms with van der Waals surface area (Å²) in [5.74, 6) is -0.935. The minimum Gasteiger partial charge on any atom is -0.481 e. The summed E-state index contributed by atoms with van der Waals surface area (Å²) >= 11 is 0. The van der Waals surface area contributed by atoms with Crippen molar-refractivity contribution < 1.29 is 27.9 Å². The predicted molar refractivity (Wildman–Crippen MR) is 54.0 cm³/mol. The number of nitrogens with one attached hydrogen (secondary N) is 2. The number of rotatable bonds is 7. The number of unbranched alkanes of at least 4 members (excludes halogenated alkanes) is 1. The van der Waals surface area contributed by atoms with Gasteiger partial charge in [0.15, 0.2) is 0 Å². The van der Waals surface area contributed by atoms with E-state index >= 15 is 0 Å². The number of amides is 1. The van der Waals surface area contributed by atoms with E-state index in [1.807, 2.05) is 0 Å². The minimum atomic E-state index is -3.92. The first kappa shape index (κ1) is 14.6. The van der Waals surface area contributed by atoms with Gasteiger partial charge in [-0.15, -0.1) is 0 Å². The molecule has 0 unspecified atom stereocenters. The maximum atomic E-state index is 11.1. The number of ether oxygens (including phenoxy) is 1. The van der Waals surface area contributed by atoms with Crippen LogP contribution in [0.1, 0.15) is 19.3 Å². The third-order valence-corrected chi connectivity index (χ3v) is 2.53. The fourth-order valence-corrected chi connectivity index (χ4v) is 1.58. The molecule has 94 valence electrons. The SMILES string of the molecule is COC(=O)NS(=O)(=O)NCCCCC(=O)O. The van der Waals surface area contributed by atoms with Gasteiger partial charge in [-0.1, -0.05) is 0 Å². The van der Waals surface area contributed by atoms with Crippen molar-refractivity contribution in [1.82, 2.24) is 9.44 Å². The Bertz CT molecular complexity index is 339. The second-order valence-electron chi connectivity index (χ2n) is 2.84.